The van der Waals surface area contributed by atoms with Crippen LogP contribution in [0.1, 0.15) is 12.5 Å². The van der Waals surface area contributed by atoms with E-state index in [2.05, 4.69) is 10.5 Å². The van der Waals surface area contributed by atoms with Crippen molar-refractivity contribution >= 4 is 41.0 Å². The first-order chi connectivity index (χ1) is 13.2. The maximum absolute atomic E-state index is 12.1. The second-order valence-electron chi connectivity index (χ2n) is 5.42. The molecule has 0 aliphatic carbocycles. The van der Waals surface area contributed by atoms with E-state index in [0.29, 0.717) is 5.02 Å². The van der Waals surface area contributed by atoms with E-state index in [1.807, 2.05) is 0 Å². The number of aromatic hydroxyl groups is 1. The summed E-state index contributed by atoms with van der Waals surface area (Å²) in [5, 5.41) is 25.1. The molecule has 0 radical (unpaired) electrons. The Kier molecular flexibility index (Phi) is 7.02. The van der Waals surface area contributed by atoms with Gasteiger partial charge in [-0.3, -0.25) is 14.9 Å². The summed E-state index contributed by atoms with van der Waals surface area (Å²) >= 11 is 11.8. The van der Waals surface area contributed by atoms with Gasteiger partial charge in [-0.15, -0.1) is 0 Å². The molecule has 28 heavy (non-hydrogen) atoms. The Labute approximate surface area is 169 Å². The van der Waals surface area contributed by atoms with Gasteiger partial charge in [0, 0.05) is 16.7 Å². The molecule has 1 unspecified atom stereocenters. The molecule has 0 saturated heterocycles. The van der Waals surface area contributed by atoms with Crippen molar-refractivity contribution in [2.24, 2.45) is 5.10 Å². The molecule has 0 saturated carbocycles. The molecule has 0 fully saturated rings. The highest BCUT2D eigenvalue weighted by Crippen LogP contribution is 2.36. The number of hydrogen-bond donors (Lipinski definition) is 2. The molecule has 1 atom stereocenters. The van der Waals surface area contributed by atoms with Crippen molar-refractivity contribution in [1.29, 1.82) is 0 Å². The van der Waals surface area contributed by atoms with E-state index in [0.717, 1.165) is 12.3 Å². The number of ether oxygens (including phenoxy) is 2. The van der Waals surface area contributed by atoms with Gasteiger partial charge in [0.25, 0.3) is 5.91 Å². The number of phenols is 1. The minimum Gasteiger partial charge on any atom is -0.500 e. The first-order valence-corrected chi connectivity index (χ1v) is 8.48. The first-order valence-electron chi connectivity index (χ1n) is 7.73. The maximum atomic E-state index is 12.1. The number of amides is 1. The zero-order chi connectivity index (χ0) is 20.8. The summed E-state index contributed by atoms with van der Waals surface area (Å²) in [5.41, 5.74) is 1.92. The van der Waals surface area contributed by atoms with E-state index < -0.39 is 28.4 Å². The van der Waals surface area contributed by atoms with Crippen LogP contribution in [0.2, 0.25) is 10.0 Å². The largest absolute Gasteiger partial charge is 0.500 e. The lowest BCUT2D eigenvalue weighted by atomic mass is 10.2. The molecular weight excluding hydrogens is 413 g/mol. The van der Waals surface area contributed by atoms with Crippen LogP contribution in [0.15, 0.2) is 35.4 Å². The van der Waals surface area contributed by atoms with Gasteiger partial charge in [0.1, 0.15) is 5.75 Å². The van der Waals surface area contributed by atoms with Crippen molar-refractivity contribution in [3.63, 3.8) is 0 Å². The molecule has 0 heterocycles. The number of phenolic OH excluding ortho intramolecular Hbond substituents is 1. The van der Waals surface area contributed by atoms with Crippen LogP contribution in [-0.4, -0.2) is 35.4 Å². The van der Waals surface area contributed by atoms with Gasteiger partial charge in [-0.1, -0.05) is 23.2 Å². The lowest BCUT2D eigenvalue weighted by molar-refractivity contribution is -0.386. The number of halogens is 2. The van der Waals surface area contributed by atoms with Gasteiger partial charge in [0.05, 0.1) is 23.3 Å². The van der Waals surface area contributed by atoms with Gasteiger partial charge in [0.2, 0.25) is 5.75 Å². The number of nitrogens with zero attached hydrogens (tertiary/aromatic N) is 2. The van der Waals surface area contributed by atoms with Crippen molar-refractivity contribution in [3.8, 4) is 17.2 Å². The number of nitro groups is 1. The molecule has 9 nitrogen and oxygen atoms in total. The Morgan fingerprint density at radius 2 is 2.04 bits per heavy atom. The molecule has 0 aromatic heterocycles. The predicted octanol–water partition coefficient (Wildman–Crippen LogP) is 3.53. The molecule has 2 rings (SSSR count). The monoisotopic (exact) mass is 427 g/mol. The van der Waals surface area contributed by atoms with Crippen molar-refractivity contribution in [1.82, 2.24) is 5.43 Å². The summed E-state index contributed by atoms with van der Waals surface area (Å²) < 4.78 is 10.3. The first kappa shape index (κ1) is 21.3. The number of carbonyl (C=O) groups is 1. The summed E-state index contributed by atoms with van der Waals surface area (Å²) in [4.78, 5) is 22.3. The van der Waals surface area contributed by atoms with E-state index in [-0.39, 0.29) is 22.1 Å². The zero-order valence-electron chi connectivity index (χ0n) is 14.7. The summed E-state index contributed by atoms with van der Waals surface area (Å²) in [6, 6.07) is 6.98. The number of rotatable bonds is 7. The van der Waals surface area contributed by atoms with E-state index in [9.17, 15) is 20.0 Å². The lowest BCUT2D eigenvalue weighted by Gasteiger charge is -2.14. The number of benzene rings is 2. The minimum atomic E-state index is -0.931. The third kappa shape index (κ3) is 5.24. The van der Waals surface area contributed by atoms with Crippen LogP contribution in [0.4, 0.5) is 5.69 Å². The van der Waals surface area contributed by atoms with E-state index in [1.54, 1.807) is 6.07 Å². The predicted molar refractivity (Wildman–Crippen MR) is 104 cm³/mol. The van der Waals surface area contributed by atoms with Crippen LogP contribution in [0.3, 0.4) is 0 Å². The highest BCUT2D eigenvalue weighted by Gasteiger charge is 2.19. The van der Waals surface area contributed by atoms with Crippen molar-refractivity contribution < 1.29 is 24.3 Å². The number of methoxy groups -OCH3 is 1. The van der Waals surface area contributed by atoms with Crippen LogP contribution in [-0.2, 0) is 4.79 Å². The van der Waals surface area contributed by atoms with Crippen molar-refractivity contribution in [3.05, 3.63) is 56.1 Å². The molecule has 0 bridgehead atoms. The number of nitrogens with one attached hydrogen (secondary N) is 1. The third-order valence-corrected chi connectivity index (χ3v) is 3.98. The smallest absolute Gasteiger partial charge is 0.315 e. The molecule has 1 amide bonds. The highest BCUT2D eigenvalue weighted by molar-refractivity contribution is 6.35. The van der Waals surface area contributed by atoms with Gasteiger partial charge in [-0.25, -0.2) is 5.43 Å². The number of carbonyl (C=O) groups excluding carboxylic acids is 1. The second-order valence-corrected chi connectivity index (χ2v) is 6.26. The summed E-state index contributed by atoms with van der Waals surface area (Å²) in [5.74, 6) is -1.01. The summed E-state index contributed by atoms with van der Waals surface area (Å²) in [7, 11) is 1.25. The Morgan fingerprint density at radius 3 is 2.64 bits per heavy atom. The molecule has 0 aliphatic heterocycles. The Morgan fingerprint density at radius 1 is 1.32 bits per heavy atom. The van der Waals surface area contributed by atoms with Gasteiger partial charge in [-0.2, -0.15) is 5.10 Å². The van der Waals surface area contributed by atoms with Crippen LogP contribution in [0, 0.1) is 10.1 Å². The quantitative estimate of drug-likeness (QED) is 0.395. The Bertz CT molecular complexity index is 935. The summed E-state index contributed by atoms with van der Waals surface area (Å²) in [6.07, 6.45) is 0.231. The molecule has 2 aromatic rings. The molecular formula is C17H15Cl2N3O6. The lowest BCUT2D eigenvalue weighted by Crippen LogP contribution is -2.33. The molecule has 148 valence electrons. The molecule has 2 N–H and O–H groups in total. The topological polar surface area (TPSA) is 123 Å². The average Bonchev–Trinajstić information content (AvgIpc) is 2.64. The third-order valence-electron chi connectivity index (χ3n) is 3.45. The second kappa shape index (κ2) is 9.25. The number of nitro benzene ring substituents is 1. The highest BCUT2D eigenvalue weighted by atomic mass is 35.5. The average molecular weight is 428 g/mol. The van der Waals surface area contributed by atoms with Gasteiger partial charge in [-0.05, 0) is 31.2 Å². The normalized spacial score (nSPS) is 11.9. The fourth-order valence-electron chi connectivity index (χ4n) is 2.06. The molecule has 2 aromatic carbocycles. The van der Waals surface area contributed by atoms with Crippen LogP contribution < -0.4 is 14.9 Å². The SMILES string of the molecule is COc1cc(C=NNC(=O)C(C)Oc2ccc(Cl)cc2Cl)cc([N+](=O)[O-])c1O. The van der Waals surface area contributed by atoms with Crippen molar-refractivity contribution in [2.75, 3.05) is 7.11 Å². The standard InChI is InChI=1S/C17H15Cl2N3O6/c1-9(28-14-4-3-11(18)7-12(14)19)17(24)21-20-8-10-5-13(22(25)26)16(23)15(6-10)27-2/h3-9,23H,1-2H3,(H,21,24). The molecule has 0 spiro atoms. The fourth-order valence-corrected chi connectivity index (χ4v) is 2.51. The molecule has 0 aliphatic rings. The Balaban J connectivity index is 2.06. The van der Waals surface area contributed by atoms with Crippen LogP contribution in [0.5, 0.6) is 17.2 Å². The summed E-state index contributed by atoms with van der Waals surface area (Å²) in [6.45, 7) is 1.49. The van der Waals surface area contributed by atoms with Gasteiger partial charge >= 0.3 is 5.69 Å². The van der Waals surface area contributed by atoms with Crippen LogP contribution in [0.25, 0.3) is 0 Å². The van der Waals surface area contributed by atoms with Crippen LogP contribution >= 0.6 is 23.2 Å². The van der Waals surface area contributed by atoms with Gasteiger partial charge < -0.3 is 14.6 Å². The van der Waals surface area contributed by atoms with Gasteiger partial charge in [0.15, 0.2) is 11.9 Å². The number of hydrogen-bond acceptors (Lipinski definition) is 7. The maximum Gasteiger partial charge on any atom is 0.315 e. The number of hydrazone groups is 1. The fraction of sp³-hybridized carbons (Fsp3) is 0.176. The Hall–Kier alpha value is -3.04. The minimum absolute atomic E-state index is 0.101. The van der Waals surface area contributed by atoms with E-state index in [1.165, 1.54) is 32.2 Å². The van der Waals surface area contributed by atoms with Crippen molar-refractivity contribution in [2.45, 2.75) is 13.0 Å². The molecule has 11 heteroatoms. The van der Waals surface area contributed by atoms with E-state index >= 15 is 0 Å². The van der Waals surface area contributed by atoms with E-state index in [4.69, 9.17) is 32.7 Å². The zero-order valence-corrected chi connectivity index (χ0v) is 16.2.